The van der Waals surface area contributed by atoms with E-state index < -0.39 is 0 Å². The fourth-order valence-electron chi connectivity index (χ4n) is 4.98. The van der Waals surface area contributed by atoms with E-state index in [1.54, 1.807) is 0 Å². The largest absolute Gasteiger partial charge is 0.380 e. The van der Waals surface area contributed by atoms with E-state index in [0.717, 1.165) is 30.6 Å². The number of pyridine rings is 1. The minimum Gasteiger partial charge on any atom is -0.380 e. The molecular weight excluding hydrogens is 446 g/mol. The summed E-state index contributed by atoms with van der Waals surface area (Å²) in [6.45, 7) is 3.08. The van der Waals surface area contributed by atoms with Crippen molar-refractivity contribution < 1.29 is 9.13 Å². The van der Waals surface area contributed by atoms with Gasteiger partial charge in [0, 0.05) is 43.0 Å². The molecule has 0 aliphatic carbocycles. The molecule has 1 saturated heterocycles. The summed E-state index contributed by atoms with van der Waals surface area (Å²) in [5, 5.41) is 0. The van der Waals surface area contributed by atoms with Crippen molar-refractivity contribution >= 4 is 22.7 Å². The van der Waals surface area contributed by atoms with Gasteiger partial charge < -0.3 is 10.6 Å². The predicted molar refractivity (Wildman–Crippen MR) is 141 cm³/mol. The molecule has 3 aromatic heterocycles. The first-order valence-corrected chi connectivity index (χ1v) is 12.6. The van der Waals surface area contributed by atoms with E-state index in [1.165, 1.54) is 60.3 Å². The van der Waals surface area contributed by atoms with Crippen molar-refractivity contribution in [1.29, 1.82) is 0 Å². The summed E-state index contributed by atoms with van der Waals surface area (Å²) < 4.78 is 4.25. The van der Waals surface area contributed by atoms with Crippen molar-refractivity contribution in [3.8, 4) is 5.69 Å². The summed E-state index contributed by atoms with van der Waals surface area (Å²) in [6, 6.07) is 22.2. The Bertz CT molecular complexity index is 1450. The van der Waals surface area contributed by atoms with Crippen molar-refractivity contribution in [1.82, 2.24) is 15.0 Å². The molecule has 6 rings (SSSR count). The monoisotopic (exact) mass is 477 g/mol. The molecule has 5 aromatic rings. The van der Waals surface area contributed by atoms with Crippen molar-refractivity contribution in [3.63, 3.8) is 0 Å². The highest BCUT2D eigenvalue weighted by Crippen LogP contribution is 2.19. The van der Waals surface area contributed by atoms with E-state index in [9.17, 15) is 0 Å². The average Bonchev–Trinajstić information content (AvgIpc) is 3.61. The van der Waals surface area contributed by atoms with Gasteiger partial charge in [-0.25, -0.2) is 4.57 Å². The van der Waals surface area contributed by atoms with Gasteiger partial charge in [0.05, 0.1) is 6.54 Å². The second kappa shape index (κ2) is 9.77. The molecule has 3 N–H and O–H groups in total. The molecule has 4 heterocycles. The molecular formula is C29H31N7+2. The standard InChI is InChI=1S/C29H30N7/c30-28-27-29(32-20-31-28)36(21-33-27)19-24-7-5-22(6-8-24)3-4-23-9-11-25(12-10-23)35-17-13-26(14-18-35)34-15-1-2-16-34/h5-14,17-18,20-21H,1-4,15-16,19H2,(H2,30,31,32)/q+1/p+1. The average molecular weight is 478 g/mol. The number of imidazole rings is 1. The van der Waals surface area contributed by atoms with Crippen LogP contribution in [0.1, 0.15) is 29.5 Å². The Hall–Kier alpha value is -4.26. The van der Waals surface area contributed by atoms with Gasteiger partial charge in [0.15, 0.2) is 30.9 Å². The lowest BCUT2D eigenvalue weighted by Gasteiger charge is -2.16. The number of rotatable bonds is 7. The molecule has 7 nitrogen and oxygen atoms in total. The summed E-state index contributed by atoms with van der Waals surface area (Å²) in [5.74, 6) is 0.469. The van der Waals surface area contributed by atoms with Gasteiger partial charge in [-0.15, -0.1) is 0 Å². The first kappa shape index (κ1) is 22.2. The zero-order valence-electron chi connectivity index (χ0n) is 20.3. The maximum atomic E-state index is 5.93. The number of H-pyrrole nitrogens is 1. The third kappa shape index (κ3) is 4.64. The fourth-order valence-corrected chi connectivity index (χ4v) is 4.98. The van der Waals surface area contributed by atoms with Crippen LogP contribution in [-0.4, -0.2) is 28.0 Å². The molecule has 1 fully saturated rings. The highest BCUT2D eigenvalue weighted by Gasteiger charge is 2.15. The van der Waals surface area contributed by atoms with Gasteiger partial charge in [0.1, 0.15) is 0 Å². The molecule has 0 saturated carbocycles. The van der Waals surface area contributed by atoms with Crippen LogP contribution in [0, 0.1) is 0 Å². The third-order valence-electron chi connectivity index (χ3n) is 7.09. The first-order valence-electron chi connectivity index (χ1n) is 12.6. The summed E-state index contributed by atoms with van der Waals surface area (Å²) in [5.41, 5.74) is 13.9. The number of benzene rings is 2. The zero-order valence-corrected chi connectivity index (χ0v) is 20.3. The van der Waals surface area contributed by atoms with Gasteiger partial charge >= 0.3 is 5.65 Å². The first-order chi connectivity index (χ1) is 17.7. The smallest absolute Gasteiger partial charge is 0.307 e. The minimum absolute atomic E-state index is 0.469. The number of hydrogen-bond donors (Lipinski definition) is 2. The summed E-state index contributed by atoms with van der Waals surface area (Å²) in [4.78, 5) is 14.0. The minimum atomic E-state index is 0.469. The van der Waals surface area contributed by atoms with Gasteiger partial charge in [-0.3, -0.25) is 4.98 Å². The van der Waals surface area contributed by atoms with Crippen molar-refractivity contribution in [2.75, 3.05) is 23.7 Å². The lowest BCUT2D eigenvalue weighted by molar-refractivity contribution is -0.664. The van der Waals surface area contributed by atoms with Crippen LogP contribution in [0.3, 0.4) is 0 Å². The highest BCUT2D eigenvalue weighted by molar-refractivity contribution is 5.77. The normalized spacial score (nSPS) is 13.5. The molecule has 0 bridgehead atoms. The Morgan fingerprint density at radius 1 is 0.806 bits per heavy atom. The molecule has 0 unspecified atom stereocenters. The second-order valence-corrected chi connectivity index (χ2v) is 9.50. The number of aromatic nitrogens is 5. The molecule has 1 aliphatic rings. The molecule has 0 amide bonds. The molecule has 180 valence electrons. The lowest BCUT2D eigenvalue weighted by atomic mass is 10.0. The number of aryl methyl sites for hydroxylation is 2. The van der Waals surface area contributed by atoms with E-state index in [2.05, 4.69) is 102 Å². The molecule has 0 atom stereocenters. The van der Waals surface area contributed by atoms with Crippen LogP contribution in [-0.2, 0) is 19.4 Å². The number of nitrogens with zero attached hydrogens (tertiary/aromatic N) is 5. The Balaban J connectivity index is 1.05. The van der Waals surface area contributed by atoms with Crippen molar-refractivity contribution in [3.05, 3.63) is 102 Å². The van der Waals surface area contributed by atoms with E-state index >= 15 is 0 Å². The Kier molecular flexibility index (Phi) is 6.03. The SMILES string of the molecule is Nc1ncnc2c1[nH]c[n+]2Cc1ccc(CCc2ccc(-[n+]3ccc(N4CCCC4)cc3)cc2)cc1. The molecule has 36 heavy (non-hydrogen) atoms. The van der Waals surface area contributed by atoms with E-state index in [0.29, 0.717) is 5.82 Å². The van der Waals surface area contributed by atoms with Crippen LogP contribution in [0.5, 0.6) is 0 Å². The van der Waals surface area contributed by atoms with Gasteiger partial charge in [0.25, 0.3) is 0 Å². The van der Waals surface area contributed by atoms with Gasteiger partial charge in [-0.1, -0.05) is 41.4 Å². The number of nitrogens with one attached hydrogen (secondary N) is 1. The molecule has 1 aliphatic heterocycles. The van der Waals surface area contributed by atoms with E-state index in [1.807, 2.05) is 6.33 Å². The number of nitrogen functional groups attached to an aromatic ring is 1. The van der Waals surface area contributed by atoms with E-state index in [4.69, 9.17) is 5.73 Å². The summed E-state index contributed by atoms with van der Waals surface area (Å²) in [7, 11) is 0. The molecule has 2 aromatic carbocycles. The fraction of sp³-hybridized carbons (Fsp3) is 0.241. The maximum absolute atomic E-state index is 5.93. The van der Waals surface area contributed by atoms with Crippen LogP contribution >= 0.6 is 0 Å². The maximum Gasteiger partial charge on any atom is 0.307 e. The highest BCUT2D eigenvalue weighted by atomic mass is 15.1. The zero-order chi connectivity index (χ0) is 24.3. The summed E-state index contributed by atoms with van der Waals surface area (Å²) >= 11 is 0. The van der Waals surface area contributed by atoms with Gasteiger partial charge in [-0.05, 0) is 42.4 Å². The Morgan fingerprint density at radius 3 is 2.14 bits per heavy atom. The van der Waals surface area contributed by atoms with Crippen LogP contribution in [0.4, 0.5) is 11.5 Å². The quantitative estimate of drug-likeness (QED) is 0.352. The Labute approximate surface area is 210 Å². The second-order valence-electron chi connectivity index (χ2n) is 9.50. The third-order valence-corrected chi connectivity index (χ3v) is 7.09. The van der Waals surface area contributed by atoms with Crippen LogP contribution in [0.2, 0.25) is 0 Å². The van der Waals surface area contributed by atoms with Gasteiger partial charge in [0.2, 0.25) is 11.2 Å². The lowest BCUT2D eigenvalue weighted by Crippen LogP contribution is -2.33. The van der Waals surface area contributed by atoms with Crippen LogP contribution < -0.4 is 19.8 Å². The van der Waals surface area contributed by atoms with E-state index in [-0.39, 0.29) is 0 Å². The number of hydrogen-bond acceptors (Lipinski definition) is 4. The summed E-state index contributed by atoms with van der Waals surface area (Å²) in [6.07, 6.45) is 12.4. The number of fused-ring (bicyclic) bond motifs is 1. The van der Waals surface area contributed by atoms with Crippen LogP contribution in [0.15, 0.2) is 85.7 Å². The van der Waals surface area contributed by atoms with Crippen molar-refractivity contribution in [2.45, 2.75) is 32.2 Å². The number of nitrogens with two attached hydrogens (primary N) is 1. The predicted octanol–water partition coefficient (Wildman–Crippen LogP) is 3.54. The topological polar surface area (TPSA) is 78.6 Å². The molecule has 0 spiro atoms. The number of aromatic amines is 1. The number of anilines is 2. The molecule has 7 heteroatoms. The van der Waals surface area contributed by atoms with Crippen LogP contribution in [0.25, 0.3) is 16.9 Å². The Morgan fingerprint density at radius 2 is 1.44 bits per heavy atom. The van der Waals surface area contributed by atoms with Gasteiger partial charge in [-0.2, -0.15) is 9.55 Å². The van der Waals surface area contributed by atoms with Crippen molar-refractivity contribution in [2.24, 2.45) is 0 Å². The molecule has 0 radical (unpaired) electrons.